The van der Waals surface area contributed by atoms with Crippen molar-refractivity contribution in [3.63, 3.8) is 0 Å². The topological polar surface area (TPSA) is 52.0 Å². The van der Waals surface area contributed by atoms with Crippen molar-refractivity contribution in [3.8, 4) is 0 Å². The number of hydrogen-bond acceptors (Lipinski definition) is 2. The lowest BCUT2D eigenvalue weighted by molar-refractivity contribution is 0.578. The second-order valence-electron chi connectivity index (χ2n) is 3.26. The zero-order valence-electron chi connectivity index (χ0n) is 9.52. The van der Waals surface area contributed by atoms with E-state index in [1.54, 1.807) is 0 Å². The fraction of sp³-hybridized carbons (Fsp3) is 1.00. The van der Waals surface area contributed by atoms with Crippen LogP contribution in [0.15, 0.2) is 0 Å². The second kappa shape index (κ2) is 18.0. The minimum Gasteiger partial charge on any atom is -0.358 e. The first-order valence-corrected chi connectivity index (χ1v) is 6.85. The van der Waals surface area contributed by atoms with Crippen molar-refractivity contribution in [2.75, 3.05) is 6.54 Å². The summed E-state index contributed by atoms with van der Waals surface area (Å²) in [7, 11) is 0.806. The van der Waals surface area contributed by atoms with Crippen molar-refractivity contribution in [1.82, 2.24) is 0 Å². The Bertz CT molecular complexity index is 61.9. The summed E-state index contributed by atoms with van der Waals surface area (Å²) >= 11 is 0. The maximum Gasteiger partial charge on any atom is 0.0716 e. The molecule has 0 radical (unpaired) electrons. The Morgan fingerprint density at radius 1 is 0.769 bits per heavy atom. The molecular weight excluding hydrogens is 176 g/mol. The average molecular weight is 204 g/mol. The maximum atomic E-state index is 5.39. The van der Waals surface area contributed by atoms with E-state index >= 15 is 0 Å². The summed E-state index contributed by atoms with van der Waals surface area (Å²) in [6, 6.07) is 0. The molecule has 2 nitrogen and oxygen atoms in total. The largest absolute Gasteiger partial charge is 0.358 e. The first-order valence-electron chi connectivity index (χ1n) is 5.69. The zero-order chi connectivity index (χ0) is 10.4. The van der Waals surface area contributed by atoms with Gasteiger partial charge in [-0.1, -0.05) is 51.9 Å². The molecule has 0 saturated carbocycles. The van der Waals surface area contributed by atoms with Crippen molar-refractivity contribution < 1.29 is 0 Å². The molecule has 0 unspecified atom stereocenters. The van der Waals surface area contributed by atoms with E-state index in [2.05, 4.69) is 12.3 Å². The van der Waals surface area contributed by atoms with Crippen molar-refractivity contribution in [1.29, 1.82) is 0 Å². The molecule has 0 aliphatic heterocycles. The smallest absolute Gasteiger partial charge is 0.0716 e. The summed E-state index contributed by atoms with van der Waals surface area (Å²) in [5.74, 6) is 0. The molecule has 4 N–H and O–H groups in total. The van der Waals surface area contributed by atoms with Crippen molar-refractivity contribution in [2.45, 2.75) is 58.3 Å². The molecule has 0 atom stereocenters. The van der Waals surface area contributed by atoms with Crippen LogP contribution in [0.1, 0.15) is 58.3 Å². The van der Waals surface area contributed by atoms with Gasteiger partial charge >= 0.3 is 0 Å². The maximum absolute atomic E-state index is 5.39. The van der Waals surface area contributed by atoms with Gasteiger partial charge in [0.05, 0.1) is 10.4 Å². The summed E-state index contributed by atoms with van der Waals surface area (Å²) in [6.45, 7) is 3.13. The second-order valence-corrected chi connectivity index (χ2v) is 3.26. The standard InChI is InChI=1S/C10H23N.H5NSi/c1-2-3-4-5-6-7-8-9-10-11;1-2/h2-11H2,1H3;1H2,2H3. The molecule has 0 aliphatic rings. The molecular formula is C10H28N2Si. The van der Waals surface area contributed by atoms with Gasteiger partial charge in [0, 0.05) is 0 Å². The van der Waals surface area contributed by atoms with Crippen LogP contribution in [0.3, 0.4) is 0 Å². The Morgan fingerprint density at radius 3 is 1.54 bits per heavy atom. The van der Waals surface area contributed by atoms with Crippen LogP contribution in [0.4, 0.5) is 0 Å². The van der Waals surface area contributed by atoms with Crippen LogP contribution in [-0.2, 0) is 0 Å². The van der Waals surface area contributed by atoms with Gasteiger partial charge in [0.25, 0.3) is 0 Å². The van der Waals surface area contributed by atoms with E-state index in [4.69, 9.17) is 5.73 Å². The van der Waals surface area contributed by atoms with E-state index in [1.165, 1.54) is 51.4 Å². The minimum absolute atomic E-state index is 0.806. The number of nitrogens with two attached hydrogens (primary N) is 2. The van der Waals surface area contributed by atoms with Crippen LogP contribution >= 0.6 is 0 Å². The fourth-order valence-corrected chi connectivity index (χ4v) is 1.28. The van der Waals surface area contributed by atoms with Crippen LogP contribution in [0.5, 0.6) is 0 Å². The molecule has 0 aromatic rings. The molecule has 0 fully saturated rings. The van der Waals surface area contributed by atoms with E-state index < -0.39 is 0 Å². The summed E-state index contributed by atoms with van der Waals surface area (Å²) in [5, 5.41) is 4.64. The van der Waals surface area contributed by atoms with E-state index in [0.29, 0.717) is 0 Å². The summed E-state index contributed by atoms with van der Waals surface area (Å²) in [5.41, 5.74) is 5.39. The normalized spacial score (nSPS) is 9.46. The molecule has 0 heterocycles. The van der Waals surface area contributed by atoms with Gasteiger partial charge in [-0.3, -0.25) is 0 Å². The van der Waals surface area contributed by atoms with Gasteiger partial charge in [0.1, 0.15) is 0 Å². The van der Waals surface area contributed by atoms with Crippen LogP contribution < -0.4 is 11.1 Å². The van der Waals surface area contributed by atoms with Gasteiger partial charge in [-0.15, -0.1) is 0 Å². The quantitative estimate of drug-likeness (QED) is 0.463. The highest BCUT2D eigenvalue weighted by Gasteiger charge is 1.89. The Morgan fingerprint density at radius 2 is 1.15 bits per heavy atom. The van der Waals surface area contributed by atoms with Gasteiger partial charge in [0.15, 0.2) is 0 Å². The molecule has 3 heteroatoms. The highest BCUT2D eigenvalue weighted by molar-refractivity contribution is 6.02. The lowest BCUT2D eigenvalue weighted by Crippen LogP contribution is -1.97. The van der Waals surface area contributed by atoms with Gasteiger partial charge in [-0.05, 0) is 13.0 Å². The number of rotatable bonds is 8. The van der Waals surface area contributed by atoms with Crippen molar-refractivity contribution in [2.24, 2.45) is 11.1 Å². The predicted octanol–water partition coefficient (Wildman–Crippen LogP) is 1.31. The van der Waals surface area contributed by atoms with Gasteiger partial charge < -0.3 is 11.1 Å². The summed E-state index contributed by atoms with van der Waals surface area (Å²) < 4.78 is 0. The van der Waals surface area contributed by atoms with Crippen molar-refractivity contribution in [3.05, 3.63) is 0 Å². The third-order valence-corrected chi connectivity index (χ3v) is 2.06. The summed E-state index contributed by atoms with van der Waals surface area (Å²) in [6.07, 6.45) is 11.0. The minimum atomic E-state index is 0.806. The third kappa shape index (κ3) is 18.8. The first-order chi connectivity index (χ1) is 6.41. The third-order valence-electron chi connectivity index (χ3n) is 2.06. The van der Waals surface area contributed by atoms with E-state index in [1.807, 2.05) is 0 Å². The molecule has 0 bridgehead atoms. The average Bonchev–Trinajstić information content (AvgIpc) is 2.20. The number of hydrogen-bond donors (Lipinski definition) is 2. The SMILES string of the molecule is CCCCCCCCCCN.N[SiH3]. The molecule has 0 aromatic heterocycles. The molecule has 13 heavy (non-hydrogen) atoms. The Balaban J connectivity index is 0. The summed E-state index contributed by atoms with van der Waals surface area (Å²) in [4.78, 5) is 0. The fourth-order valence-electron chi connectivity index (χ4n) is 1.28. The Kier molecular flexibility index (Phi) is 21.6. The van der Waals surface area contributed by atoms with Crippen LogP contribution in [-0.4, -0.2) is 16.9 Å². The Hall–Kier alpha value is 0.137. The lowest BCUT2D eigenvalue weighted by Gasteiger charge is -1.99. The first kappa shape index (κ1) is 15.6. The van der Waals surface area contributed by atoms with Crippen LogP contribution in [0.25, 0.3) is 0 Å². The zero-order valence-corrected chi connectivity index (χ0v) is 11.5. The van der Waals surface area contributed by atoms with E-state index in [9.17, 15) is 0 Å². The van der Waals surface area contributed by atoms with E-state index in [-0.39, 0.29) is 0 Å². The van der Waals surface area contributed by atoms with Gasteiger partial charge in [-0.25, -0.2) is 0 Å². The lowest BCUT2D eigenvalue weighted by atomic mass is 10.1. The Labute approximate surface area is 87.0 Å². The molecule has 82 valence electrons. The molecule has 0 spiro atoms. The molecule has 0 amide bonds. The highest BCUT2D eigenvalue weighted by atomic mass is 28.2. The van der Waals surface area contributed by atoms with Crippen molar-refractivity contribution >= 4 is 10.4 Å². The predicted molar refractivity (Wildman–Crippen MR) is 65.8 cm³/mol. The van der Waals surface area contributed by atoms with Gasteiger partial charge in [0.2, 0.25) is 0 Å². The van der Waals surface area contributed by atoms with Gasteiger partial charge in [-0.2, -0.15) is 0 Å². The molecule has 0 aromatic carbocycles. The molecule has 0 saturated heterocycles. The molecule has 0 rings (SSSR count). The highest BCUT2D eigenvalue weighted by Crippen LogP contribution is 2.07. The van der Waals surface area contributed by atoms with E-state index in [0.717, 1.165) is 16.9 Å². The van der Waals surface area contributed by atoms with Crippen LogP contribution in [0.2, 0.25) is 0 Å². The number of unbranched alkanes of at least 4 members (excludes halogenated alkanes) is 7. The molecule has 0 aliphatic carbocycles. The monoisotopic (exact) mass is 204 g/mol. The van der Waals surface area contributed by atoms with Crippen LogP contribution in [0, 0.1) is 0 Å².